The third-order valence-corrected chi connectivity index (χ3v) is 6.91. The van der Waals surface area contributed by atoms with Gasteiger partial charge in [-0.3, -0.25) is 9.59 Å². The van der Waals surface area contributed by atoms with Crippen LogP contribution in [0.5, 0.6) is 5.75 Å². The first kappa shape index (κ1) is 20.8. The molecule has 2 amide bonds. The zero-order valence-electron chi connectivity index (χ0n) is 17.7. The second-order valence-corrected chi connectivity index (χ2v) is 9.05. The van der Waals surface area contributed by atoms with Gasteiger partial charge < -0.3 is 15.0 Å². The molecule has 0 spiro atoms. The van der Waals surface area contributed by atoms with E-state index >= 15 is 0 Å². The molecule has 32 heavy (non-hydrogen) atoms. The van der Waals surface area contributed by atoms with Crippen molar-refractivity contribution in [3.05, 3.63) is 99.0 Å². The van der Waals surface area contributed by atoms with E-state index in [1.54, 1.807) is 7.11 Å². The Kier molecular flexibility index (Phi) is 5.47. The van der Waals surface area contributed by atoms with E-state index in [0.29, 0.717) is 18.7 Å². The average Bonchev–Trinajstić information content (AvgIpc) is 2.83. The number of ether oxygens (including phenoxy) is 1. The molecule has 6 heteroatoms. The van der Waals surface area contributed by atoms with Crippen molar-refractivity contribution in [3.8, 4) is 5.75 Å². The molecule has 2 aliphatic heterocycles. The number of amides is 2. The van der Waals surface area contributed by atoms with Gasteiger partial charge in [0.2, 0.25) is 5.91 Å². The van der Waals surface area contributed by atoms with Crippen molar-refractivity contribution in [3.63, 3.8) is 0 Å². The Labute approximate surface area is 195 Å². The molecule has 2 aliphatic rings. The molecule has 0 saturated carbocycles. The standard InChI is InChI=1S/C26H23BrN2O3/c1-32-22-11-10-18(27)14-17(22)15-28-25(30)23-20-8-4-5-9-21(20)26(31)29-13-12-16-6-2-3-7-19(16)24(23)29/h2-11,14,23-24H,12-13,15H2,1H3,(H,28,30)/t23-,24-/m1/s1. The first-order chi connectivity index (χ1) is 15.6. The minimum absolute atomic E-state index is 0.00203. The number of fused-ring (bicyclic) bond motifs is 4. The highest BCUT2D eigenvalue weighted by molar-refractivity contribution is 9.10. The predicted octanol–water partition coefficient (Wildman–Crippen LogP) is 4.61. The van der Waals surface area contributed by atoms with Crippen molar-refractivity contribution in [2.45, 2.75) is 24.9 Å². The summed E-state index contributed by atoms with van der Waals surface area (Å²) in [5.41, 5.74) is 4.54. The molecule has 3 aromatic carbocycles. The minimum atomic E-state index is -0.483. The Balaban J connectivity index is 1.53. The van der Waals surface area contributed by atoms with Crippen LogP contribution in [0.4, 0.5) is 0 Å². The Morgan fingerprint density at radius 2 is 1.84 bits per heavy atom. The van der Waals surface area contributed by atoms with Gasteiger partial charge in [-0.25, -0.2) is 0 Å². The van der Waals surface area contributed by atoms with Crippen molar-refractivity contribution in [1.82, 2.24) is 10.2 Å². The summed E-state index contributed by atoms with van der Waals surface area (Å²) in [7, 11) is 1.62. The first-order valence-electron chi connectivity index (χ1n) is 10.7. The summed E-state index contributed by atoms with van der Waals surface area (Å²) in [5.74, 6) is 0.136. The van der Waals surface area contributed by atoms with E-state index in [0.717, 1.165) is 33.3 Å². The number of halogens is 1. The number of carbonyl (C=O) groups excluding carboxylic acids is 2. The molecular weight excluding hydrogens is 468 g/mol. The number of hydrogen-bond donors (Lipinski definition) is 1. The maximum Gasteiger partial charge on any atom is 0.254 e. The van der Waals surface area contributed by atoms with Gasteiger partial charge >= 0.3 is 0 Å². The van der Waals surface area contributed by atoms with Gasteiger partial charge in [0.25, 0.3) is 5.91 Å². The van der Waals surface area contributed by atoms with E-state index < -0.39 is 5.92 Å². The molecule has 0 radical (unpaired) electrons. The fraction of sp³-hybridized carbons (Fsp3) is 0.231. The molecule has 0 unspecified atom stereocenters. The van der Waals surface area contributed by atoms with Crippen LogP contribution in [0.25, 0.3) is 0 Å². The van der Waals surface area contributed by atoms with E-state index in [1.165, 1.54) is 5.56 Å². The lowest BCUT2D eigenvalue weighted by atomic mass is 9.76. The topological polar surface area (TPSA) is 58.6 Å². The highest BCUT2D eigenvalue weighted by atomic mass is 79.9. The van der Waals surface area contributed by atoms with E-state index in [1.807, 2.05) is 65.6 Å². The summed E-state index contributed by atoms with van der Waals surface area (Å²) >= 11 is 3.49. The summed E-state index contributed by atoms with van der Waals surface area (Å²) in [6, 6.07) is 21.0. The highest BCUT2D eigenvalue weighted by Crippen LogP contribution is 2.45. The third kappa shape index (κ3) is 3.48. The monoisotopic (exact) mass is 490 g/mol. The summed E-state index contributed by atoms with van der Waals surface area (Å²) < 4.78 is 6.38. The SMILES string of the molecule is COc1ccc(Br)cc1CNC(=O)[C@@H]1c2ccccc2C(=O)N2CCc3ccccc3[C@H]12. The van der Waals surface area contributed by atoms with Crippen LogP contribution < -0.4 is 10.1 Å². The third-order valence-electron chi connectivity index (χ3n) is 6.41. The van der Waals surface area contributed by atoms with Gasteiger partial charge in [-0.2, -0.15) is 0 Å². The van der Waals surface area contributed by atoms with Crippen LogP contribution in [-0.4, -0.2) is 30.4 Å². The number of hydrogen-bond acceptors (Lipinski definition) is 3. The number of nitrogens with one attached hydrogen (secondary N) is 1. The minimum Gasteiger partial charge on any atom is -0.496 e. The molecule has 0 bridgehead atoms. The lowest BCUT2D eigenvalue weighted by molar-refractivity contribution is -0.124. The van der Waals surface area contributed by atoms with E-state index in [-0.39, 0.29) is 17.9 Å². The maximum atomic E-state index is 13.7. The Bertz CT molecular complexity index is 1210. The zero-order chi connectivity index (χ0) is 22.2. The average molecular weight is 491 g/mol. The first-order valence-corrected chi connectivity index (χ1v) is 11.5. The molecule has 162 valence electrons. The van der Waals surface area contributed by atoms with Gasteiger partial charge in [0.05, 0.1) is 19.1 Å². The second-order valence-electron chi connectivity index (χ2n) is 8.13. The van der Waals surface area contributed by atoms with Crippen molar-refractivity contribution in [2.24, 2.45) is 0 Å². The van der Waals surface area contributed by atoms with Crippen LogP contribution >= 0.6 is 15.9 Å². The zero-order valence-corrected chi connectivity index (χ0v) is 19.3. The van der Waals surface area contributed by atoms with Crippen LogP contribution in [0.1, 0.15) is 44.6 Å². The van der Waals surface area contributed by atoms with Crippen LogP contribution in [0, 0.1) is 0 Å². The Hall–Kier alpha value is -3.12. The quantitative estimate of drug-likeness (QED) is 0.580. The van der Waals surface area contributed by atoms with Crippen LogP contribution in [0.2, 0.25) is 0 Å². The van der Waals surface area contributed by atoms with Gasteiger partial charge in [-0.1, -0.05) is 58.4 Å². The van der Waals surface area contributed by atoms with Gasteiger partial charge in [0, 0.05) is 28.7 Å². The molecule has 0 saturated heterocycles. The largest absolute Gasteiger partial charge is 0.496 e. The van der Waals surface area contributed by atoms with E-state index in [9.17, 15) is 9.59 Å². The number of nitrogens with zero attached hydrogens (tertiary/aromatic N) is 1. The molecule has 1 N–H and O–H groups in total. The Morgan fingerprint density at radius 3 is 2.66 bits per heavy atom. The molecule has 5 nitrogen and oxygen atoms in total. The highest BCUT2D eigenvalue weighted by Gasteiger charge is 2.46. The molecule has 0 aromatic heterocycles. The summed E-state index contributed by atoms with van der Waals surface area (Å²) in [6.45, 7) is 0.945. The van der Waals surface area contributed by atoms with Crippen molar-refractivity contribution < 1.29 is 14.3 Å². The van der Waals surface area contributed by atoms with Crippen molar-refractivity contribution in [2.75, 3.05) is 13.7 Å². The Morgan fingerprint density at radius 1 is 1.09 bits per heavy atom. The second kappa shape index (κ2) is 8.43. The maximum absolute atomic E-state index is 13.7. The molecule has 0 aliphatic carbocycles. The normalized spacial score (nSPS) is 18.9. The van der Waals surface area contributed by atoms with Crippen molar-refractivity contribution >= 4 is 27.7 Å². The summed E-state index contributed by atoms with van der Waals surface area (Å²) in [5, 5.41) is 3.11. The molecular formula is C26H23BrN2O3. The fourth-order valence-electron chi connectivity index (χ4n) is 4.94. The van der Waals surface area contributed by atoms with Crippen molar-refractivity contribution in [1.29, 1.82) is 0 Å². The number of carbonyl (C=O) groups is 2. The fourth-order valence-corrected chi connectivity index (χ4v) is 5.34. The van der Waals surface area contributed by atoms with E-state index in [2.05, 4.69) is 27.3 Å². The molecule has 2 atom stereocenters. The summed E-state index contributed by atoms with van der Waals surface area (Å²) in [6.07, 6.45) is 0.796. The molecule has 2 heterocycles. The number of rotatable bonds is 4. The van der Waals surface area contributed by atoms with Gasteiger partial charge in [-0.15, -0.1) is 0 Å². The van der Waals surface area contributed by atoms with Crippen LogP contribution in [0.15, 0.2) is 71.2 Å². The smallest absolute Gasteiger partial charge is 0.254 e. The van der Waals surface area contributed by atoms with Gasteiger partial charge in [0.15, 0.2) is 0 Å². The van der Waals surface area contributed by atoms with Gasteiger partial charge in [-0.05, 0) is 47.4 Å². The lowest BCUT2D eigenvalue weighted by Gasteiger charge is -2.45. The number of methoxy groups -OCH3 is 1. The molecule has 0 fully saturated rings. The molecule has 3 aromatic rings. The predicted molar refractivity (Wildman–Crippen MR) is 126 cm³/mol. The van der Waals surface area contributed by atoms with E-state index in [4.69, 9.17) is 4.74 Å². The van der Waals surface area contributed by atoms with Crippen LogP contribution in [0.3, 0.4) is 0 Å². The summed E-state index contributed by atoms with van der Waals surface area (Å²) in [4.78, 5) is 28.9. The lowest BCUT2D eigenvalue weighted by Crippen LogP contribution is -2.50. The number of benzene rings is 3. The molecule has 5 rings (SSSR count). The van der Waals surface area contributed by atoms with Gasteiger partial charge in [0.1, 0.15) is 5.75 Å². The van der Waals surface area contributed by atoms with Crippen LogP contribution in [-0.2, 0) is 17.8 Å².